The molecule has 0 aliphatic carbocycles. The van der Waals surface area contributed by atoms with Crippen molar-refractivity contribution in [1.29, 1.82) is 0 Å². The first kappa shape index (κ1) is 20.2. The molecule has 1 aliphatic rings. The number of nitrogens with one attached hydrogen (secondary N) is 2. The van der Waals surface area contributed by atoms with Gasteiger partial charge in [-0.1, -0.05) is 59.6 Å². The van der Waals surface area contributed by atoms with Gasteiger partial charge in [-0.2, -0.15) is 5.10 Å². The lowest BCUT2D eigenvalue weighted by Gasteiger charge is -2.15. The van der Waals surface area contributed by atoms with Gasteiger partial charge in [0.05, 0.1) is 16.3 Å². The molecule has 0 saturated carbocycles. The molecule has 2 atom stereocenters. The summed E-state index contributed by atoms with van der Waals surface area (Å²) in [6, 6.07) is 18.1. The van der Waals surface area contributed by atoms with Gasteiger partial charge in [0.2, 0.25) is 5.91 Å². The summed E-state index contributed by atoms with van der Waals surface area (Å²) in [6.45, 7) is 0.409. The number of amides is 2. The quantitative estimate of drug-likeness (QED) is 0.352. The van der Waals surface area contributed by atoms with Crippen LogP contribution in [0.3, 0.4) is 0 Å². The maximum absolute atomic E-state index is 12.6. The topological polar surface area (TPSA) is 83.7 Å². The molecule has 2 N–H and O–H groups in total. The van der Waals surface area contributed by atoms with Crippen LogP contribution in [0.5, 0.6) is 0 Å². The minimum absolute atomic E-state index is 0.242. The van der Waals surface area contributed by atoms with Crippen LogP contribution in [0.25, 0.3) is 11.3 Å². The summed E-state index contributed by atoms with van der Waals surface area (Å²) in [6.07, 6.45) is 1.37. The van der Waals surface area contributed by atoms with E-state index in [1.54, 1.807) is 30.3 Å². The van der Waals surface area contributed by atoms with Crippen molar-refractivity contribution in [2.45, 2.75) is 5.92 Å². The van der Waals surface area contributed by atoms with Crippen LogP contribution in [0.1, 0.15) is 17.2 Å². The minimum atomic E-state index is -0.845. The lowest BCUT2D eigenvalue weighted by atomic mass is 9.88. The number of benzene rings is 2. The average molecular weight is 442 g/mol. The zero-order valence-corrected chi connectivity index (χ0v) is 17.2. The maximum Gasteiger partial charge on any atom is 0.253 e. The number of hydrazone groups is 1. The first-order valence-corrected chi connectivity index (χ1v) is 10.00. The molecule has 0 bridgehead atoms. The van der Waals surface area contributed by atoms with Crippen molar-refractivity contribution in [2.75, 3.05) is 6.54 Å². The Labute approximate surface area is 182 Å². The Bertz CT molecular complexity index is 1110. The third kappa shape index (κ3) is 4.10. The van der Waals surface area contributed by atoms with Crippen LogP contribution in [0, 0.1) is 5.92 Å². The fourth-order valence-corrected chi connectivity index (χ4v) is 3.82. The summed E-state index contributed by atoms with van der Waals surface area (Å²) in [7, 11) is 0. The molecule has 1 fully saturated rings. The smallest absolute Gasteiger partial charge is 0.253 e. The molecule has 1 aromatic heterocycles. The maximum atomic E-state index is 12.6. The molecule has 0 unspecified atom stereocenters. The van der Waals surface area contributed by atoms with E-state index in [0.29, 0.717) is 33.7 Å². The van der Waals surface area contributed by atoms with E-state index in [1.807, 2.05) is 30.3 Å². The fourth-order valence-electron chi connectivity index (χ4n) is 3.42. The van der Waals surface area contributed by atoms with Crippen molar-refractivity contribution in [3.63, 3.8) is 0 Å². The Morgan fingerprint density at radius 2 is 1.90 bits per heavy atom. The summed E-state index contributed by atoms with van der Waals surface area (Å²) in [5, 5.41) is 7.50. The first-order valence-electron chi connectivity index (χ1n) is 9.24. The molecule has 1 saturated heterocycles. The molecule has 4 rings (SSSR count). The molecule has 2 heterocycles. The zero-order chi connectivity index (χ0) is 21.1. The van der Waals surface area contributed by atoms with Crippen LogP contribution < -0.4 is 10.7 Å². The second kappa shape index (κ2) is 8.73. The number of carbonyl (C=O) groups excluding carboxylic acids is 2. The predicted molar refractivity (Wildman–Crippen MR) is 116 cm³/mol. The third-order valence-corrected chi connectivity index (χ3v) is 5.72. The minimum Gasteiger partial charge on any atom is -0.455 e. The van der Waals surface area contributed by atoms with Crippen molar-refractivity contribution in [3.05, 3.63) is 82.0 Å². The van der Waals surface area contributed by atoms with E-state index >= 15 is 0 Å². The number of hydrogen-bond donors (Lipinski definition) is 2. The van der Waals surface area contributed by atoms with Crippen molar-refractivity contribution >= 4 is 41.2 Å². The van der Waals surface area contributed by atoms with Gasteiger partial charge in [0, 0.05) is 18.0 Å². The molecular weight excluding hydrogens is 425 g/mol. The van der Waals surface area contributed by atoms with E-state index in [2.05, 4.69) is 15.8 Å². The highest BCUT2D eigenvalue weighted by atomic mass is 35.5. The van der Waals surface area contributed by atoms with Crippen LogP contribution in [0.4, 0.5) is 0 Å². The van der Waals surface area contributed by atoms with E-state index < -0.39 is 11.8 Å². The molecule has 30 heavy (non-hydrogen) atoms. The normalized spacial score (nSPS) is 18.5. The van der Waals surface area contributed by atoms with Crippen molar-refractivity contribution in [2.24, 2.45) is 11.0 Å². The van der Waals surface area contributed by atoms with E-state index in [9.17, 15) is 9.59 Å². The molecule has 8 heteroatoms. The number of carbonyl (C=O) groups is 2. The number of rotatable bonds is 5. The summed E-state index contributed by atoms with van der Waals surface area (Å²) < 4.78 is 5.70. The molecule has 3 aromatic rings. The lowest BCUT2D eigenvalue weighted by molar-refractivity contribution is -0.133. The number of hydrogen-bond acceptors (Lipinski definition) is 4. The summed E-state index contributed by atoms with van der Waals surface area (Å²) in [5.41, 5.74) is 4.01. The van der Waals surface area contributed by atoms with Gasteiger partial charge in [-0.05, 0) is 29.8 Å². The molecule has 6 nitrogen and oxygen atoms in total. The summed E-state index contributed by atoms with van der Waals surface area (Å²) in [4.78, 5) is 24.8. The van der Waals surface area contributed by atoms with Crippen LogP contribution in [0.2, 0.25) is 10.0 Å². The average Bonchev–Trinajstić information content (AvgIpc) is 3.37. The first-order chi connectivity index (χ1) is 14.5. The number of furan rings is 1. The SMILES string of the molecule is O=C1NC[C@H](c2ccccc2)[C@@H]1C(=O)N/N=C\c1ccc(-c2cccc(Cl)c2Cl)o1. The van der Waals surface area contributed by atoms with E-state index in [1.165, 1.54) is 6.21 Å². The Morgan fingerprint density at radius 3 is 2.70 bits per heavy atom. The summed E-state index contributed by atoms with van der Waals surface area (Å²) >= 11 is 12.3. The van der Waals surface area contributed by atoms with Crippen molar-refractivity contribution in [3.8, 4) is 11.3 Å². The Morgan fingerprint density at radius 1 is 1.10 bits per heavy atom. The second-order valence-corrected chi connectivity index (χ2v) is 7.56. The molecule has 152 valence electrons. The van der Waals surface area contributed by atoms with Gasteiger partial charge in [-0.15, -0.1) is 0 Å². The van der Waals surface area contributed by atoms with Crippen LogP contribution in [-0.4, -0.2) is 24.6 Å². The fraction of sp³-hybridized carbons (Fsp3) is 0.136. The van der Waals surface area contributed by atoms with Gasteiger partial charge in [-0.3, -0.25) is 9.59 Å². The van der Waals surface area contributed by atoms with Crippen LogP contribution in [0.15, 0.2) is 70.2 Å². The van der Waals surface area contributed by atoms with Crippen molar-refractivity contribution < 1.29 is 14.0 Å². The Kier molecular flexibility index (Phi) is 5.88. The molecule has 1 aliphatic heterocycles. The monoisotopic (exact) mass is 441 g/mol. The third-order valence-electron chi connectivity index (χ3n) is 4.90. The highest BCUT2D eigenvalue weighted by Gasteiger charge is 2.40. The van der Waals surface area contributed by atoms with Gasteiger partial charge in [0.15, 0.2) is 0 Å². The number of halogens is 2. The van der Waals surface area contributed by atoms with Gasteiger partial charge in [-0.25, -0.2) is 5.43 Å². The van der Waals surface area contributed by atoms with E-state index in [4.69, 9.17) is 27.6 Å². The van der Waals surface area contributed by atoms with Gasteiger partial charge in [0.25, 0.3) is 5.91 Å². The largest absolute Gasteiger partial charge is 0.455 e. The molecular formula is C22H17Cl2N3O3. The standard InChI is InChI=1S/C22H17Cl2N3O3/c23-17-8-4-7-15(20(17)24)18-10-9-14(30-18)11-26-27-22(29)19-16(12-25-21(19)28)13-5-2-1-3-6-13/h1-11,16,19H,12H2,(H,25,28)(H,27,29)/b26-11-/t16-,19+/m1/s1. The summed E-state index contributed by atoms with van der Waals surface area (Å²) in [5.74, 6) is -0.935. The Balaban J connectivity index is 1.44. The van der Waals surface area contributed by atoms with Gasteiger partial charge >= 0.3 is 0 Å². The van der Waals surface area contributed by atoms with Crippen molar-refractivity contribution in [1.82, 2.24) is 10.7 Å². The zero-order valence-electron chi connectivity index (χ0n) is 15.6. The molecule has 0 spiro atoms. The van der Waals surface area contributed by atoms with E-state index in [-0.39, 0.29) is 11.8 Å². The molecule has 2 aromatic carbocycles. The second-order valence-electron chi connectivity index (χ2n) is 6.78. The predicted octanol–water partition coefficient (Wildman–Crippen LogP) is 4.23. The number of nitrogens with zero attached hydrogens (tertiary/aromatic N) is 1. The van der Waals surface area contributed by atoms with Crippen LogP contribution >= 0.6 is 23.2 Å². The van der Waals surface area contributed by atoms with Gasteiger partial charge < -0.3 is 9.73 Å². The lowest BCUT2D eigenvalue weighted by Crippen LogP contribution is -2.34. The highest BCUT2D eigenvalue weighted by Crippen LogP contribution is 2.34. The van der Waals surface area contributed by atoms with Crippen LogP contribution in [-0.2, 0) is 9.59 Å². The van der Waals surface area contributed by atoms with E-state index in [0.717, 1.165) is 5.56 Å². The Hall–Kier alpha value is -3.09. The highest BCUT2D eigenvalue weighted by molar-refractivity contribution is 6.43. The van der Waals surface area contributed by atoms with Gasteiger partial charge in [0.1, 0.15) is 17.4 Å². The molecule has 0 radical (unpaired) electrons. The molecule has 2 amide bonds.